The van der Waals surface area contributed by atoms with Gasteiger partial charge >= 0.3 is 0 Å². The highest BCUT2D eigenvalue weighted by Gasteiger charge is 2.12. The summed E-state index contributed by atoms with van der Waals surface area (Å²) < 4.78 is 13.0. The van der Waals surface area contributed by atoms with E-state index in [1.807, 2.05) is 0 Å². The van der Waals surface area contributed by atoms with Crippen LogP contribution in [-0.4, -0.2) is 16.8 Å². The molecule has 0 fully saturated rings. The number of hydrogen-bond donors (Lipinski definition) is 2. The second-order valence-electron chi connectivity index (χ2n) is 3.09. The van der Waals surface area contributed by atoms with Gasteiger partial charge in [-0.15, -0.1) is 0 Å². The number of nitrogens with zero attached hydrogens (tertiary/aromatic N) is 1. The highest BCUT2D eigenvalue weighted by atomic mass is 19.1. The van der Waals surface area contributed by atoms with Crippen molar-refractivity contribution in [2.45, 2.75) is 12.8 Å². The molecule has 1 unspecified atom stereocenters. The van der Waals surface area contributed by atoms with Gasteiger partial charge in [0.25, 0.3) is 0 Å². The van der Waals surface area contributed by atoms with Crippen LogP contribution < -0.4 is 0 Å². The Morgan fingerprint density at radius 2 is 2.21 bits per heavy atom. The lowest BCUT2D eigenvalue weighted by molar-refractivity contribution is 0.272. The number of aliphatic hydroxyl groups excluding tert-OH is 1. The van der Waals surface area contributed by atoms with Crippen molar-refractivity contribution < 1.29 is 14.6 Å². The first-order chi connectivity index (χ1) is 6.60. The lowest BCUT2D eigenvalue weighted by Crippen LogP contribution is -2.00. The predicted molar refractivity (Wildman–Crippen MR) is 48.3 cm³/mol. The summed E-state index contributed by atoms with van der Waals surface area (Å²) in [6, 6.07) is 4.18. The maximum atomic E-state index is 13.0. The Hall–Kier alpha value is -1.60. The van der Waals surface area contributed by atoms with E-state index in [2.05, 4.69) is 0 Å². The third kappa shape index (κ3) is 1.83. The van der Waals surface area contributed by atoms with Crippen molar-refractivity contribution >= 4 is 0 Å². The van der Waals surface area contributed by atoms with Gasteiger partial charge in [-0.3, -0.25) is 0 Å². The minimum absolute atomic E-state index is 0.111. The van der Waals surface area contributed by atoms with Crippen LogP contribution in [0.3, 0.4) is 0 Å². The molecule has 4 heteroatoms. The Kier molecular flexibility index (Phi) is 3.05. The first kappa shape index (κ1) is 10.5. The molecular weight excluding hydrogens is 185 g/mol. The molecule has 0 spiro atoms. The van der Waals surface area contributed by atoms with Gasteiger partial charge in [0.1, 0.15) is 6.07 Å². The number of phenols is 1. The SMILES string of the molecule is CC(CO)c1cc(F)c(O)c(C#N)c1. The molecule has 3 nitrogen and oxygen atoms in total. The molecule has 0 amide bonds. The standard InChI is InChI=1S/C10H10FNO2/c1-6(5-13)7-2-8(4-12)10(14)9(11)3-7/h2-3,6,13-14H,5H2,1H3. The van der Waals surface area contributed by atoms with Gasteiger partial charge in [-0.1, -0.05) is 6.92 Å². The second-order valence-corrected chi connectivity index (χ2v) is 3.09. The van der Waals surface area contributed by atoms with E-state index in [1.165, 1.54) is 6.07 Å². The first-order valence-electron chi connectivity index (χ1n) is 4.13. The number of aliphatic hydroxyl groups is 1. The minimum atomic E-state index is -0.834. The van der Waals surface area contributed by atoms with Gasteiger partial charge in [0.15, 0.2) is 11.6 Å². The molecule has 0 aromatic heterocycles. The van der Waals surface area contributed by atoms with Gasteiger partial charge in [0.2, 0.25) is 0 Å². The third-order valence-corrected chi connectivity index (χ3v) is 2.05. The van der Waals surface area contributed by atoms with Crippen LogP contribution >= 0.6 is 0 Å². The van der Waals surface area contributed by atoms with E-state index in [1.54, 1.807) is 13.0 Å². The molecule has 1 rings (SSSR count). The van der Waals surface area contributed by atoms with Gasteiger partial charge in [-0.05, 0) is 17.7 Å². The van der Waals surface area contributed by atoms with Gasteiger partial charge in [-0.25, -0.2) is 4.39 Å². The second kappa shape index (κ2) is 4.07. The topological polar surface area (TPSA) is 64.2 Å². The van der Waals surface area contributed by atoms with Crippen molar-refractivity contribution in [3.8, 4) is 11.8 Å². The average Bonchev–Trinajstić information content (AvgIpc) is 2.20. The van der Waals surface area contributed by atoms with E-state index in [0.717, 1.165) is 6.07 Å². The summed E-state index contributed by atoms with van der Waals surface area (Å²) >= 11 is 0. The minimum Gasteiger partial charge on any atom is -0.504 e. The highest BCUT2D eigenvalue weighted by Crippen LogP contribution is 2.26. The molecule has 74 valence electrons. The van der Waals surface area contributed by atoms with Crippen molar-refractivity contribution in [1.82, 2.24) is 0 Å². The number of aromatic hydroxyl groups is 1. The Labute approximate surface area is 81.0 Å². The Balaban J connectivity index is 3.24. The fourth-order valence-electron chi connectivity index (χ4n) is 1.10. The highest BCUT2D eigenvalue weighted by molar-refractivity contribution is 5.46. The summed E-state index contributed by atoms with van der Waals surface area (Å²) in [5.41, 5.74) is 0.389. The van der Waals surface area contributed by atoms with Crippen LogP contribution in [0.15, 0.2) is 12.1 Å². The van der Waals surface area contributed by atoms with Gasteiger partial charge in [-0.2, -0.15) is 5.26 Å². The van der Waals surface area contributed by atoms with Crippen LogP contribution in [0.5, 0.6) is 5.75 Å². The fraction of sp³-hybridized carbons (Fsp3) is 0.300. The van der Waals surface area contributed by atoms with Crippen LogP contribution in [0, 0.1) is 17.1 Å². The van der Waals surface area contributed by atoms with E-state index in [0.29, 0.717) is 5.56 Å². The summed E-state index contributed by atoms with van der Waals surface area (Å²) in [7, 11) is 0. The smallest absolute Gasteiger partial charge is 0.169 e. The summed E-state index contributed by atoms with van der Waals surface area (Å²) in [5.74, 6) is -1.72. The van der Waals surface area contributed by atoms with E-state index in [9.17, 15) is 4.39 Å². The molecule has 0 aliphatic heterocycles. The van der Waals surface area contributed by atoms with Crippen LogP contribution in [-0.2, 0) is 0 Å². The zero-order valence-electron chi connectivity index (χ0n) is 7.66. The number of nitriles is 1. The van der Waals surface area contributed by atoms with Crippen molar-refractivity contribution in [3.63, 3.8) is 0 Å². The zero-order valence-corrected chi connectivity index (χ0v) is 7.66. The molecule has 0 bridgehead atoms. The first-order valence-corrected chi connectivity index (χ1v) is 4.13. The molecule has 0 aliphatic carbocycles. The van der Waals surface area contributed by atoms with Crippen LogP contribution in [0.1, 0.15) is 24.0 Å². The van der Waals surface area contributed by atoms with Crippen molar-refractivity contribution in [1.29, 1.82) is 5.26 Å². The molecule has 0 radical (unpaired) electrons. The lowest BCUT2D eigenvalue weighted by Gasteiger charge is -2.09. The molecule has 0 saturated heterocycles. The average molecular weight is 195 g/mol. The molecule has 0 aliphatic rings. The van der Waals surface area contributed by atoms with Crippen LogP contribution in [0.4, 0.5) is 4.39 Å². The third-order valence-electron chi connectivity index (χ3n) is 2.05. The Morgan fingerprint density at radius 3 is 2.71 bits per heavy atom. The molecule has 14 heavy (non-hydrogen) atoms. The normalized spacial score (nSPS) is 12.1. The Bertz CT molecular complexity index is 384. The maximum absolute atomic E-state index is 13.0. The number of benzene rings is 1. The molecule has 1 atom stereocenters. The van der Waals surface area contributed by atoms with E-state index >= 15 is 0 Å². The van der Waals surface area contributed by atoms with Gasteiger partial charge in [0.05, 0.1) is 5.56 Å². The summed E-state index contributed by atoms with van der Waals surface area (Å²) in [6.45, 7) is 1.57. The van der Waals surface area contributed by atoms with Gasteiger partial charge in [0, 0.05) is 12.5 Å². The van der Waals surface area contributed by atoms with E-state index in [4.69, 9.17) is 15.5 Å². The number of halogens is 1. The van der Waals surface area contributed by atoms with E-state index in [-0.39, 0.29) is 18.1 Å². The quantitative estimate of drug-likeness (QED) is 0.751. The molecule has 1 aromatic carbocycles. The number of hydrogen-bond acceptors (Lipinski definition) is 3. The van der Waals surface area contributed by atoms with Crippen molar-refractivity contribution in [3.05, 3.63) is 29.1 Å². The fourth-order valence-corrected chi connectivity index (χ4v) is 1.10. The molecular formula is C10H10FNO2. The Morgan fingerprint density at radius 1 is 1.57 bits per heavy atom. The van der Waals surface area contributed by atoms with Crippen LogP contribution in [0.2, 0.25) is 0 Å². The largest absolute Gasteiger partial charge is 0.504 e. The molecule has 0 heterocycles. The number of phenolic OH excluding ortho intramolecular Hbond substituents is 1. The van der Waals surface area contributed by atoms with Crippen molar-refractivity contribution in [2.24, 2.45) is 0 Å². The summed E-state index contributed by atoms with van der Waals surface area (Å²) in [6.07, 6.45) is 0. The van der Waals surface area contributed by atoms with Crippen LogP contribution in [0.25, 0.3) is 0 Å². The molecule has 1 aromatic rings. The molecule has 2 N–H and O–H groups in total. The van der Waals surface area contributed by atoms with Crippen molar-refractivity contribution in [2.75, 3.05) is 6.61 Å². The molecule has 0 saturated carbocycles. The van der Waals surface area contributed by atoms with E-state index < -0.39 is 11.6 Å². The van der Waals surface area contributed by atoms with Gasteiger partial charge < -0.3 is 10.2 Å². The zero-order chi connectivity index (χ0) is 10.7. The maximum Gasteiger partial charge on any atom is 0.169 e. The summed E-state index contributed by atoms with van der Waals surface area (Å²) in [5, 5.41) is 26.5. The monoisotopic (exact) mass is 195 g/mol. The lowest BCUT2D eigenvalue weighted by atomic mass is 9.99. The predicted octanol–water partition coefficient (Wildman–Crippen LogP) is 1.50. The number of rotatable bonds is 2. The summed E-state index contributed by atoms with van der Waals surface area (Å²) in [4.78, 5) is 0.